The molecule has 10 heteroatoms. The van der Waals surface area contributed by atoms with E-state index in [1.807, 2.05) is 24.3 Å². The number of fused-ring (bicyclic) bond motifs is 1. The molecule has 3 aliphatic rings. The Labute approximate surface area is 225 Å². The summed E-state index contributed by atoms with van der Waals surface area (Å²) in [4.78, 5) is 52.0. The van der Waals surface area contributed by atoms with E-state index >= 15 is 0 Å². The van der Waals surface area contributed by atoms with Crippen LogP contribution >= 0.6 is 11.6 Å². The second-order valence-electron chi connectivity index (χ2n) is 10.7. The van der Waals surface area contributed by atoms with Crippen molar-refractivity contribution in [2.75, 3.05) is 0 Å². The first-order valence-electron chi connectivity index (χ1n) is 12.1. The topological polar surface area (TPSA) is 115 Å². The minimum atomic E-state index is -4.37. The lowest BCUT2D eigenvalue weighted by Gasteiger charge is -2.49. The summed E-state index contributed by atoms with van der Waals surface area (Å²) in [5.74, 6) is -3.58. The molecule has 0 radical (unpaired) electrons. The van der Waals surface area contributed by atoms with Gasteiger partial charge < -0.3 is 9.53 Å². The van der Waals surface area contributed by atoms with Crippen LogP contribution in [0.25, 0.3) is 0 Å². The Kier molecular flexibility index (Phi) is 6.15. The number of amides is 1. The van der Waals surface area contributed by atoms with Crippen LogP contribution in [-0.4, -0.2) is 59.4 Å². The lowest BCUT2D eigenvalue weighted by molar-refractivity contribution is -0.157. The molecule has 0 spiro atoms. The Balaban J connectivity index is 1.78. The quantitative estimate of drug-likeness (QED) is 0.233. The highest BCUT2D eigenvalue weighted by atomic mass is 35.5. The second-order valence-corrected chi connectivity index (χ2v) is 13.4. The molecule has 1 aliphatic carbocycles. The minimum Gasteiger partial charge on any atom is -0.455 e. The second kappa shape index (κ2) is 8.88. The van der Waals surface area contributed by atoms with Gasteiger partial charge in [-0.2, -0.15) is 0 Å². The average Bonchev–Trinajstić information content (AvgIpc) is 3.55. The van der Waals surface area contributed by atoms with E-state index in [1.165, 1.54) is 0 Å². The number of hydrogen-bond donors (Lipinski definition) is 0. The average molecular weight is 556 g/mol. The van der Waals surface area contributed by atoms with Crippen molar-refractivity contribution in [3.8, 4) is 0 Å². The minimum absolute atomic E-state index is 0.285. The van der Waals surface area contributed by atoms with Crippen LogP contribution in [0.2, 0.25) is 0 Å². The zero-order valence-corrected chi connectivity index (χ0v) is 22.5. The molecule has 1 saturated heterocycles. The lowest BCUT2D eigenvalue weighted by atomic mass is 9.83. The number of rotatable bonds is 6. The number of nitrogens with zero attached hydrogens (tertiary/aromatic N) is 1. The summed E-state index contributed by atoms with van der Waals surface area (Å²) in [6, 6.07) is 18.0. The molecular formula is C28H26ClNO7S. The van der Waals surface area contributed by atoms with Crippen molar-refractivity contribution in [2.45, 2.75) is 47.8 Å². The highest BCUT2D eigenvalue weighted by Crippen LogP contribution is 2.67. The number of hydrogen-bond acceptors (Lipinski definition) is 7. The summed E-state index contributed by atoms with van der Waals surface area (Å²) in [6.45, 7) is 4.84. The zero-order chi connectivity index (χ0) is 27.6. The van der Waals surface area contributed by atoms with Crippen molar-refractivity contribution in [1.29, 1.82) is 0 Å². The number of halogens is 1. The molecule has 1 amide bonds. The fraction of sp³-hybridized carbons (Fsp3) is 0.357. The Morgan fingerprint density at radius 2 is 1.53 bits per heavy atom. The van der Waals surface area contributed by atoms with Crippen molar-refractivity contribution in [3.63, 3.8) is 0 Å². The largest absolute Gasteiger partial charge is 0.455 e. The van der Waals surface area contributed by atoms with Crippen molar-refractivity contribution < 1.29 is 32.3 Å². The fourth-order valence-electron chi connectivity index (χ4n) is 6.07. The number of esters is 1. The molecule has 2 fully saturated rings. The Hall–Kier alpha value is -3.30. The Bertz CT molecular complexity index is 1420. The Morgan fingerprint density at radius 3 is 1.97 bits per heavy atom. The van der Waals surface area contributed by atoms with Crippen molar-refractivity contribution in [2.24, 2.45) is 11.8 Å². The number of aldehydes is 2. The molecule has 0 bridgehead atoms. The van der Waals surface area contributed by atoms with Gasteiger partial charge in [0.1, 0.15) is 29.2 Å². The summed E-state index contributed by atoms with van der Waals surface area (Å²) in [7, 11) is -4.37. The molecule has 198 valence electrons. The van der Waals surface area contributed by atoms with Gasteiger partial charge in [-0.25, -0.2) is 13.2 Å². The summed E-state index contributed by atoms with van der Waals surface area (Å²) >= 11 is 6.21. The molecule has 5 atom stereocenters. The lowest BCUT2D eigenvalue weighted by Crippen LogP contribution is -2.70. The summed E-state index contributed by atoms with van der Waals surface area (Å²) < 4.78 is 33.7. The van der Waals surface area contributed by atoms with E-state index in [1.54, 1.807) is 57.2 Å². The molecule has 0 N–H and O–H groups in total. The highest BCUT2D eigenvalue weighted by Gasteiger charge is 2.75. The number of carbonyl (C=O) groups excluding carboxylic acids is 4. The first kappa shape index (κ1) is 26.3. The van der Waals surface area contributed by atoms with E-state index < -0.39 is 71.8 Å². The van der Waals surface area contributed by atoms with Gasteiger partial charge in [-0.15, -0.1) is 11.6 Å². The maximum absolute atomic E-state index is 14.1. The number of carbonyl (C=O) groups is 4. The van der Waals surface area contributed by atoms with E-state index in [0.29, 0.717) is 17.4 Å². The first-order chi connectivity index (χ1) is 17.9. The number of benzene rings is 2. The van der Waals surface area contributed by atoms with E-state index in [0.717, 1.165) is 4.90 Å². The molecule has 8 nitrogen and oxygen atoms in total. The molecule has 2 aliphatic heterocycles. The Morgan fingerprint density at radius 1 is 1.00 bits per heavy atom. The van der Waals surface area contributed by atoms with Crippen LogP contribution in [-0.2, 0) is 39.2 Å². The molecule has 1 saturated carbocycles. The number of alkyl halides is 1. The molecular weight excluding hydrogens is 530 g/mol. The number of β-lactam (4-membered cyclic amide) rings is 1. The maximum Gasteiger partial charge on any atom is 0.356 e. The third-order valence-electron chi connectivity index (χ3n) is 7.51. The molecule has 2 aromatic carbocycles. The van der Waals surface area contributed by atoms with Crippen molar-refractivity contribution in [1.82, 2.24) is 4.90 Å². The van der Waals surface area contributed by atoms with Gasteiger partial charge in [0.2, 0.25) is 5.91 Å². The zero-order valence-electron chi connectivity index (χ0n) is 20.9. The van der Waals surface area contributed by atoms with Crippen LogP contribution in [0.3, 0.4) is 0 Å². The third-order valence-corrected chi connectivity index (χ3v) is 10.5. The molecule has 38 heavy (non-hydrogen) atoms. The standard InChI is InChI=1S/C28H26ClNO7S/c1-27(2,3)37-26(34)22-18(14-31)23(38(35,36)25-21(29)24(33)30(22)25)20-19(15-32)28(20,16-10-6-4-7-11-16)17-12-8-5-9-13-17/h4-15,19-21,23,25H,1-3H3/t19?,20?,21-,23?,25-/m0/s1. The summed E-state index contributed by atoms with van der Waals surface area (Å²) in [5.41, 5.74) is -1.53. The molecule has 0 aromatic heterocycles. The van der Waals surface area contributed by atoms with E-state index in [4.69, 9.17) is 16.3 Å². The van der Waals surface area contributed by atoms with Crippen LogP contribution < -0.4 is 0 Å². The van der Waals surface area contributed by atoms with Crippen LogP contribution in [0.4, 0.5) is 0 Å². The van der Waals surface area contributed by atoms with Crippen molar-refractivity contribution >= 4 is 45.9 Å². The van der Waals surface area contributed by atoms with Crippen LogP contribution in [0.1, 0.15) is 31.9 Å². The van der Waals surface area contributed by atoms with Gasteiger partial charge in [0.25, 0.3) is 0 Å². The molecule has 5 rings (SSSR count). The van der Waals surface area contributed by atoms with Crippen LogP contribution in [0.5, 0.6) is 0 Å². The van der Waals surface area contributed by atoms with E-state index in [2.05, 4.69) is 0 Å². The summed E-state index contributed by atoms with van der Waals surface area (Å²) in [5, 5.41) is -4.58. The normalized spacial score (nSPS) is 29.1. The van der Waals surface area contributed by atoms with Crippen molar-refractivity contribution in [3.05, 3.63) is 83.1 Å². The smallest absolute Gasteiger partial charge is 0.356 e. The maximum atomic E-state index is 14.1. The molecule has 2 heterocycles. The van der Waals surface area contributed by atoms with Gasteiger partial charge in [-0.1, -0.05) is 60.7 Å². The molecule has 3 unspecified atom stereocenters. The van der Waals surface area contributed by atoms with Crippen LogP contribution in [0, 0.1) is 11.8 Å². The monoisotopic (exact) mass is 555 g/mol. The third kappa shape index (κ3) is 3.59. The van der Waals surface area contributed by atoms with Gasteiger partial charge >= 0.3 is 5.97 Å². The predicted octanol–water partition coefficient (Wildman–Crippen LogP) is 2.79. The van der Waals surface area contributed by atoms with Gasteiger partial charge in [0, 0.05) is 22.8 Å². The fourth-order valence-corrected chi connectivity index (χ4v) is 9.28. The SMILES string of the molecule is CC(C)(C)OC(=O)C1=C(C=O)C(C2C(C=O)C2(c2ccccc2)c2ccccc2)S(=O)(=O)[C@H]2[C@@H](Cl)C(=O)N12. The predicted molar refractivity (Wildman–Crippen MR) is 139 cm³/mol. The number of sulfone groups is 1. The highest BCUT2D eigenvalue weighted by molar-refractivity contribution is 7.93. The molecule has 2 aromatic rings. The summed E-state index contributed by atoms with van der Waals surface area (Å²) in [6.07, 6.45) is 0.986. The van der Waals surface area contributed by atoms with Gasteiger partial charge in [0.15, 0.2) is 15.2 Å². The van der Waals surface area contributed by atoms with Gasteiger partial charge in [-0.05, 0) is 31.9 Å². The van der Waals surface area contributed by atoms with Gasteiger partial charge in [0.05, 0.1) is 5.25 Å². The first-order valence-corrected chi connectivity index (χ1v) is 14.2. The van der Waals surface area contributed by atoms with Crippen LogP contribution in [0.15, 0.2) is 71.9 Å². The number of ether oxygens (including phenoxy) is 1. The van der Waals surface area contributed by atoms with E-state index in [9.17, 15) is 27.6 Å². The van der Waals surface area contributed by atoms with Gasteiger partial charge in [-0.3, -0.25) is 14.5 Å². The van der Waals surface area contributed by atoms with E-state index in [-0.39, 0.29) is 6.29 Å².